The summed E-state index contributed by atoms with van der Waals surface area (Å²) in [5.74, 6) is -3.66. The Balaban J connectivity index is 1.48. The third-order valence-electron chi connectivity index (χ3n) is 8.82. The van der Waals surface area contributed by atoms with E-state index in [0.29, 0.717) is 6.42 Å². The fourth-order valence-electron chi connectivity index (χ4n) is 6.67. The molecule has 3 fully saturated rings. The summed E-state index contributed by atoms with van der Waals surface area (Å²) in [4.78, 5) is 60.7. The van der Waals surface area contributed by atoms with Crippen LogP contribution in [-0.4, -0.2) is 86.0 Å². The third-order valence-corrected chi connectivity index (χ3v) is 9.16. The Bertz CT molecular complexity index is 1380. The maximum absolute atomic E-state index is 14.7. The van der Waals surface area contributed by atoms with Crippen LogP contribution in [0.1, 0.15) is 46.5 Å². The standard InChI is InChI=1S/C28H32Cl2F2N6O5/c1-26(2,3)20(35-25(42)28(29,30)32)23(40)37-12-14-6-7-15(31)9-17(14)19(37)22(39)38-13-27(10-16(38)11-33)24(41)36-21-18(43-27)5-4-8-34-21/h4-5,8,14-17,19-20H,6-7,9-10,12-13H2,1-3H3,(H,35,42)(H,34,36,41)/t14?,15-,16+,17+,19+,20-,27-/m1/s1. The first kappa shape index (κ1) is 31.2. The molecule has 11 nitrogen and oxygen atoms in total. The largest absolute Gasteiger partial charge is 0.472 e. The van der Waals surface area contributed by atoms with Crippen molar-refractivity contribution in [3.05, 3.63) is 18.3 Å². The lowest BCUT2D eigenvalue weighted by Crippen LogP contribution is -2.60. The van der Waals surface area contributed by atoms with Crippen LogP contribution in [0, 0.1) is 28.6 Å². The topological polar surface area (TPSA) is 145 Å². The molecule has 1 aliphatic carbocycles. The number of aromatic nitrogens is 1. The molecule has 15 heteroatoms. The van der Waals surface area contributed by atoms with Crippen LogP contribution in [0.2, 0.25) is 0 Å². The second kappa shape index (κ2) is 11.0. The molecule has 4 aliphatic rings. The number of hydrogen-bond donors (Lipinski definition) is 2. The number of ether oxygens (including phenoxy) is 1. The van der Waals surface area contributed by atoms with E-state index in [2.05, 4.69) is 21.7 Å². The molecular weight excluding hydrogens is 609 g/mol. The molecule has 3 aliphatic heterocycles. The summed E-state index contributed by atoms with van der Waals surface area (Å²) in [6, 6.07) is 1.66. The van der Waals surface area contributed by atoms with Crippen LogP contribution in [0.15, 0.2) is 18.3 Å². The van der Waals surface area contributed by atoms with Crippen molar-refractivity contribution >= 4 is 52.6 Å². The Hall–Kier alpha value is -3.24. The van der Waals surface area contributed by atoms with Crippen molar-refractivity contribution in [3.8, 4) is 11.8 Å². The number of rotatable bonds is 4. The van der Waals surface area contributed by atoms with Crippen molar-refractivity contribution in [1.82, 2.24) is 20.1 Å². The number of carbonyl (C=O) groups is 4. The van der Waals surface area contributed by atoms with E-state index in [-0.39, 0.29) is 49.8 Å². The van der Waals surface area contributed by atoms with Crippen molar-refractivity contribution in [3.63, 3.8) is 0 Å². The lowest BCUT2D eigenvalue weighted by Gasteiger charge is -2.38. The SMILES string of the molecule is CC(C)(C)[C@H](NC(=O)C(F)(Cl)Cl)C(=O)N1CC2CC[C@@H](F)C[C@@H]2[C@H]1C(=O)N1C[C@@]2(C[C@H]1C#N)Oc1cccnc1NC2=O. The number of pyridine rings is 1. The fourth-order valence-corrected chi connectivity index (χ4v) is 6.78. The van der Waals surface area contributed by atoms with Gasteiger partial charge in [-0.2, -0.15) is 9.65 Å². The zero-order valence-corrected chi connectivity index (χ0v) is 25.3. The predicted molar refractivity (Wildman–Crippen MR) is 150 cm³/mol. The number of fused-ring (bicyclic) bond motifs is 2. The van der Waals surface area contributed by atoms with E-state index in [9.17, 15) is 33.2 Å². The highest BCUT2D eigenvalue weighted by Gasteiger charge is 2.59. The zero-order valence-electron chi connectivity index (χ0n) is 23.8. The molecule has 1 unspecified atom stereocenters. The monoisotopic (exact) mass is 640 g/mol. The lowest BCUT2D eigenvalue weighted by atomic mass is 9.77. The molecule has 2 N–H and O–H groups in total. The van der Waals surface area contributed by atoms with Crippen LogP contribution >= 0.6 is 23.2 Å². The number of nitrogens with one attached hydrogen (secondary N) is 2. The minimum Gasteiger partial charge on any atom is -0.472 e. The van der Waals surface area contributed by atoms with Crippen LogP contribution < -0.4 is 15.4 Å². The number of alkyl halides is 4. The molecule has 4 heterocycles. The fraction of sp³-hybridized carbons (Fsp3) is 0.643. The van der Waals surface area contributed by atoms with Gasteiger partial charge in [0.2, 0.25) is 17.4 Å². The quantitative estimate of drug-likeness (QED) is 0.481. The summed E-state index contributed by atoms with van der Waals surface area (Å²) in [6.07, 6.45) is 0.846. The number of amides is 4. The highest BCUT2D eigenvalue weighted by Crippen LogP contribution is 2.45. The van der Waals surface area contributed by atoms with Gasteiger partial charge in [0, 0.05) is 19.2 Å². The van der Waals surface area contributed by atoms with Crippen LogP contribution in [0.5, 0.6) is 5.75 Å². The van der Waals surface area contributed by atoms with E-state index >= 15 is 0 Å². The van der Waals surface area contributed by atoms with E-state index in [1.807, 2.05) is 0 Å². The van der Waals surface area contributed by atoms with Gasteiger partial charge in [0.05, 0.1) is 12.6 Å². The molecule has 43 heavy (non-hydrogen) atoms. The zero-order chi connectivity index (χ0) is 31.5. The smallest absolute Gasteiger partial charge is 0.335 e. The van der Waals surface area contributed by atoms with Crippen LogP contribution in [0.25, 0.3) is 0 Å². The van der Waals surface area contributed by atoms with Gasteiger partial charge in [-0.25, -0.2) is 9.37 Å². The van der Waals surface area contributed by atoms with Gasteiger partial charge in [0.15, 0.2) is 11.6 Å². The number of anilines is 1. The Labute approximate surface area is 257 Å². The minimum atomic E-state index is -3.31. The third kappa shape index (κ3) is 5.71. The normalized spacial score (nSPS) is 30.9. The Morgan fingerprint density at radius 2 is 2.00 bits per heavy atom. The van der Waals surface area contributed by atoms with Gasteiger partial charge in [-0.3, -0.25) is 19.2 Å². The molecule has 1 aromatic rings. The molecule has 1 saturated carbocycles. The van der Waals surface area contributed by atoms with E-state index in [4.69, 9.17) is 27.9 Å². The molecule has 4 amide bonds. The number of carbonyl (C=O) groups excluding carboxylic acids is 4. The maximum Gasteiger partial charge on any atom is 0.335 e. The molecule has 1 aromatic heterocycles. The molecule has 0 aromatic carbocycles. The highest BCUT2D eigenvalue weighted by molar-refractivity contribution is 6.56. The molecule has 2 saturated heterocycles. The van der Waals surface area contributed by atoms with Crippen LogP contribution in [-0.2, 0) is 19.2 Å². The number of likely N-dealkylation sites (tertiary alicyclic amines) is 2. The first-order valence-corrected chi connectivity index (χ1v) is 14.8. The van der Waals surface area contributed by atoms with Crippen molar-refractivity contribution in [2.45, 2.75) is 80.9 Å². The van der Waals surface area contributed by atoms with Crippen LogP contribution in [0.3, 0.4) is 0 Å². The van der Waals surface area contributed by atoms with Crippen molar-refractivity contribution in [2.24, 2.45) is 17.3 Å². The maximum atomic E-state index is 14.7. The van der Waals surface area contributed by atoms with Crippen molar-refractivity contribution < 1.29 is 32.7 Å². The summed E-state index contributed by atoms with van der Waals surface area (Å²) >= 11 is 10.7. The Morgan fingerprint density at radius 1 is 1.28 bits per heavy atom. The molecule has 5 rings (SSSR count). The molecule has 7 atom stereocenters. The summed E-state index contributed by atoms with van der Waals surface area (Å²) in [5.41, 5.74) is -2.56. The van der Waals surface area contributed by atoms with E-state index in [1.165, 1.54) is 16.0 Å². The number of nitriles is 1. The average Bonchev–Trinajstić information content (AvgIpc) is 3.49. The predicted octanol–water partition coefficient (Wildman–Crippen LogP) is 2.87. The molecular formula is C28H32Cl2F2N6O5. The van der Waals surface area contributed by atoms with Crippen LogP contribution in [0.4, 0.5) is 14.6 Å². The van der Waals surface area contributed by atoms with Gasteiger partial charge < -0.3 is 25.2 Å². The second-order valence-corrected chi connectivity index (χ2v) is 14.0. The summed E-state index contributed by atoms with van der Waals surface area (Å²) < 4.78 is 31.6. The van der Waals surface area contributed by atoms with E-state index < -0.39 is 69.4 Å². The van der Waals surface area contributed by atoms with Gasteiger partial charge in [-0.05, 0) is 48.6 Å². The van der Waals surface area contributed by atoms with Crippen molar-refractivity contribution in [1.29, 1.82) is 5.26 Å². The number of hydrogen-bond acceptors (Lipinski definition) is 7. The highest BCUT2D eigenvalue weighted by atomic mass is 35.5. The van der Waals surface area contributed by atoms with Gasteiger partial charge in [-0.15, -0.1) is 0 Å². The second-order valence-electron chi connectivity index (χ2n) is 12.8. The van der Waals surface area contributed by atoms with Gasteiger partial charge in [0.1, 0.15) is 24.3 Å². The minimum absolute atomic E-state index is 0.0145. The molecule has 232 valence electrons. The van der Waals surface area contributed by atoms with Gasteiger partial charge >= 0.3 is 4.59 Å². The number of nitrogens with zero attached hydrogens (tertiary/aromatic N) is 4. The Morgan fingerprint density at radius 3 is 2.65 bits per heavy atom. The summed E-state index contributed by atoms with van der Waals surface area (Å²) in [6.45, 7) is 4.71. The van der Waals surface area contributed by atoms with Gasteiger partial charge in [-0.1, -0.05) is 44.0 Å². The molecule has 1 spiro atoms. The average molecular weight is 642 g/mol. The Kier molecular flexibility index (Phi) is 8.01. The van der Waals surface area contributed by atoms with Gasteiger partial charge in [0.25, 0.3) is 11.8 Å². The molecule has 0 bridgehead atoms. The summed E-state index contributed by atoms with van der Waals surface area (Å²) in [7, 11) is 0. The van der Waals surface area contributed by atoms with Crippen molar-refractivity contribution in [2.75, 3.05) is 18.4 Å². The summed E-state index contributed by atoms with van der Waals surface area (Å²) in [5, 5.41) is 15.0. The van der Waals surface area contributed by atoms with E-state index in [0.717, 1.165) is 0 Å². The van der Waals surface area contributed by atoms with E-state index in [1.54, 1.807) is 32.9 Å². The lowest BCUT2D eigenvalue weighted by molar-refractivity contribution is -0.149. The first-order valence-electron chi connectivity index (χ1n) is 14.0. The number of halogens is 4. The first-order chi connectivity index (χ1) is 20.1. The molecule has 0 radical (unpaired) electrons.